The van der Waals surface area contributed by atoms with Crippen LogP contribution in [-0.4, -0.2) is 17.7 Å². The molecule has 0 saturated heterocycles. The maximum atomic E-state index is 11.6. The highest BCUT2D eigenvalue weighted by atomic mass is 32.2. The van der Waals surface area contributed by atoms with Crippen LogP contribution in [-0.2, 0) is 14.3 Å². The Morgan fingerprint density at radius 1 is 1.18 bits per heavy atom. The van der Waals surface area contributed by atoms with E-state index in [9.17, 15) is 9.59 Å². The molecule has 1 aromatic carbocycles. The fourth-order valence-corrected chi connectivity index (χ4v) is 2.06. The van der Waals surface area contributed by atoms with E-state index in [2.05, 4.69) is 0 Å². The molecule has 0 fully saturated rings. The molecule has 0 saturated carbocycles. The molecule has 0 unspecified atom stereocenters. The highest BCUT2D eigenvalue weighted by molar-refractivity contribution is 8.13. The van der Waals surface area contributed by atoms with Gasteiger partial charge >= 0.3 is 5.97 Å². The summed E-state index contributed by atoms with van der Waals surface area (Å²) >= 11 is 1.26. The lowest BCUT2D eigenvalue weighted by Crippen LogP contribution is -2.01. The zero-order valence-corrected chi connectivity index (χ0v) is 10.7. The van der Waals surface area contributed by atoms with Gasteiger partial charge in [-0.15, -0.1) is 0 Å². The van der Waals surface area contributed by atoms with Gasteiger partial charge in [-0.25, -0.2) is 0 Å². The monoisotopic (exact) mass is 252 g/mol. The predicted octanol–water partition coefficient (Wildman–Crippen LogP) is 3.04. The van der Waals surface area contributed by atoms with Crippen molar-refractivity contribution in [3.63, 3.8) is 0 Å². The number of rotatable bonds is 6. The molecule has 92 valence electrons. The van der Waals surface area contributed by atoms with Crippen LogP contribution in [0.15, 0.2) is 35.2 Å². The van der Waals surface area contributed by atoms with E-state index in [0.717, 1.165) is 17.7 Å². The van der Waals surface area contributed by atoms with Gasteiger partial charge in [-0.3, -0.25) is 9.59 Å². The summed E-state index contributed by atoms with van der Waals surface area (Å²) in [5, 5.41) is 0.152. The van der Waals surface area contributed by atoms with Gasteiger partial charge in [-0.1, -0.05) is 30.0 Å². The molecule has 0 aliphatic rings. The first-order chi connectivity index (χ1) is 8.18. The lowest BCUT2D eigenvalue weighted by atomic mass is 10.2. The molecule has 0 atom stereocenters. The van der Waals surface area contributed by atoms with Crippen molar-refractivity contribution in [2.45, 2.75) is 31.1 Å². The molecule has 0 radical (unpaired) electrons. The molecule has 1 rings (SSSR count). The van der Waals surface area contributed by atoms with E-state index in [-0.39, 0.29) is 11.1 Å². The molecular weight excluding hydrogens is 236 g/mol. The third-order valence-corrected chi connectivity index (χ3v) is 3.00. The predicted molar refractivity (Wildman–Crippen MR) is 67.8 cm³/mol. The van der Waals surface area contributed by atoms with Gasteiger partial charge in [0, 0.05) is 18.2 Å². The second-order valence-corrected chi connectivity index (χ2v) is 4.72. The molecule has 0 heterocycles. The summed E-state index contributed by atoms with van der Waals surface area (Å²) in [6.07, 6.45) is 2.01. The number of esters is 1. The fourth-order valence-electron chi connectivity index (χ4n) is 1.26. The number of benzene rings is 1. The molecule has 3 nitrogen and oxygen atoms in total. The Morgan fingerprint density at radius 2 is 1.88 bits per heavy atom. The lowest BCUT2D eigenvalue weighted by molar-refractivity contribution is -0.141. The van der Waals surface area contributed by atoms with Crippen LogP contribution in [0.4, 0.5) is 0 Å². The van der Waals surface area contributed by atoms with E-state index >= 15 is 0 Å². The number of carbonyl (C=O) groups excluding carboxylic acids is 2. The van der Waals surface area contributed by atoms with Crippen LogP contribution in [0, 0.1) is 0 Å². The molecule has 0 N–H and O–H groups in total. The Labute approximate surface area is 106 Å². The molecule has 0 amide bonds. The fraction of sp³-hybridized carbons (Fsp3) is 0.385. The third kappa shape index (κ3) is 6.79. The van der Waals surface area contributed by atoms with Crippen molar-refractivity contribution in [3.05, 3.63) is 30.3 Å². The SMILES string of the molecule is CC(=O)OCCCCC(=O)Sc1ccccc1. The van der Waals surface area contributed by atoms with E-state index in [1.54, 1.807) is 0 Å². The van der Waals surface area contributed by atoms with Gasteiger partial charge < -0.3 is 4.74 Å². The average molecular weight is 252 g/mol. The van der Waals surface area contributed by atoms with E-state index in [4.69, 9.17) is 4.74 Å². The highest BCUT2D eigenvalue weighted by Gasteiger charge is 2.04. The number of hydrogen-bond acceptors (Lipinski definition) is 4. The summed E-state index contributed by atoms with van der Waals surface area (Å²) in [5.41, 5.74) is 0. The van der Waals surface area contributed by atoms with Crippen molar-refractivity contribution in [1.29, 1.82) is 0 Å². The van der Waals surface area contributed by atoms with Gasteiger partial charge in [0.15, 0.2) is 5.12 Å². The van der Waals surface area contributed by atoms with Gasteiger partial charge in [0.1, 0.15) is 0 Å². The Bertz CT molecular complexity index is 362. The normalized spacial score (nSPS) is 9.94. The second-order valence-electron chi connectivity index (χ2n) is 3.58. The van der Waals surface area contributed by atoms with Crippen molar-refractivity contribution < 1.29 is 14.3 Å². The van der Waals surface area contributed by atoms with E-state index in [1.165, 1.54) is 18.7 Å². The topological polar surface area (TPSA) is 43.4 Å². The van der Waals surface area contributed by atoms with Crippen molar-refractivity contribution in [1.82, 2.24) is 0 Å². The molecule has 0 spiro atoms. The van der Waals surface area contributed by atoms with Gasteiger partial charge in [0.25, 0.3) is 0 Å². The van der Waals surface area contributed by atoms with Crippen LogP contribution in [0.1, 0.15) is 26.2 Å². The van der Waals surface area contributed by atoms with Crippen LogP contribution in [0.5, 0.6) is 0 Å². The minimum atomic E-state index is -0.269. The second kappa shape index (κ2) is 7.90. The van der Waals surface area contributed by atoms with E-state index in [0.29, 0.717) is 13.0 Å². The quantitative estimate of drug-likeness (QED) is 0.443. The highest BCUT2D eigenvalue weighted by Crippen LogP contribution is 2.20. The molecule has 1 aromatic rings. The Hall–Kier alpha value is -1.29. The lowest BCUT2D eigenvalue weighted by Gasteiger charge is -2.02. The largest absolute Gasteiger partial charge is 0.466 e. The molecule has 4 heteroatoms. The first-order valence-corrected chi connectivity index (χ1v) is 6.39. The summed E-state index contributed by atoms with van der Waals surface area (Å²) < 4.78 is 4.78. The van der Waals surface area contributed by atoms with Gasteiger partial charge in [-0.2, -0.15) is 0 Å². The maximum absolute atomic E-state index is 11.6. The number of hydrogen-bond donors (Lipinski definition) is 0. The summed E-state index contributed by atoms with van der Waals surface area (Å²) in [4.78, 5) is 23.0. The molecule has 0 aromatic heterocycles. The van der Waals surface area contributed by atoms with Crippen LogP contribution in [0.3, 0.4) is 0 Å². The Balaban J connectivity index is 2.12. The first kappa shape index (κ1) is 13.8. The van der Waals surface area contributed by atoms with Crippen molar-refractivity contribution in [2.24, 2.45) is 0 Å². The van der Waals surface area contributed by atoms with Crippen LogP contribution in [0.2, 0.25) is 0 Å². The van der Waals surface area contributed by atoms with Crippen LogP contribution < -0.4 is 0 Å². The van der Waals surface area contributed by atoms with E-state index in [1.807, 2.05) is 30.3 Å². The van der Waals surface area contributed by atoms with Crippen molar-refractivity contribution in [3.8, 4) is 0 Å². The molecule has 0 aliphatic heterocycles. The number of thioether (sulfide) groups is 1. The summed E-state index contributed by atoms with van der Waals surface area (Å²) in [7, 11) is 0. The Kier molecular flexibility index (Phi) is 6.40. The zero-order chi connectivity index (χ0) is 12.5. The minimum absolute atomic E-state index is 0.152. The van der Waals surface area contributed by atoms with Crippen molar-refractivity contribution >= 4 is 22.8 Å². The maximum Gasteiger partial charge on any atom is 0.302 e. The number of ether oxygens (including phenoxy) is 1. The number of unbranched alkanes of at least 4 members (excludes halogenated alkanes) is 1. The summed E-state index contributed by atoms with van der Waals surface area (Å²) in [5.74, 6) is -0.269. The molecule has 17 heavy (non-hydrogen) atoms. The third-order valence-electron chi connectivity index (χ3n) is 2.06. The van der Waals surface area contributed by atoms with E-state index < -0.39 is 0 Å². The minimum Gasteiger partial charge on any atom is -0.466 e. The standard InChI is InChI=1S/C13H16O3S/c1-11(14)16-10-6-5-9-13(15)17-12-7-3-2-4-8-12/h2-4,7-8H,5-6,9-10H2,1H3. The molecular formula is C13H16O3S. The van der Waals surface area contributed by atoms with Gasteiger partial charge in [-0.05, 0) is 25.0 Å². The average Bonchev–Trinajstić information content (AvgIpc) is 2.29. The van der Waals surface area contributed by atoms with Crippen LogP contribution in [0.25, 0.3) is 0 Å². The molecule has 0 bridgehead atoms. The Morgan fingerprint density at radius 3 is 2.53 bits per heavy atom. The molecule has 0 aliphatic carbocycles. The van der Waals surface area contributed by atoms with Crippen molar-refractivity contribution in [2.75, 3.05) is 6.61 Å². The summed E-state index contributed by atoms with van der Waals surface area (Å²) in [6.45, 7) is 1.79. The number of carbonyl (C=O) groups is 2. The van der Waals surface area contributed by atoms with Gasteiger partial charge in [0.05, 0.1) is 6.61 Å². The smallest absolute Gasteiger partial charge is 0.302 e. The zero-order valence-electron chi connectivity index (χ0n) is 9.85. The van der Waals surface area contributed by atoms with Gasteiger partial charge in [0.2, 0.25) is 0 Å². The first-order valence-electron chi connectivity index (χ1n) is 5.57. The van der Waals surface area contributed by atoms with Crippen LogP contribution >= 0.6 is 11.8 Å². The summed E-state index contributed by atoms with van der Waals surface area (Å²) in [6, 6.07) is 9.59.